The molecule has 40 heavy (non-hydrogen) atoms. The summed E-state index contributed by atoms with van der Waals surface area (Å²) in [5.41, 5.74) is 2.03. The zero-order chi connectivity index (χ0) is 28.9. The van der Waals surface area contributed by atoms with E-state index in [1.807, 2.05) is 24.3 Å². The van der Waals surface area contributed by atoms with E-state index in [0.717, 1.165) is 36.6 Å². The maximum atomic E-state index is 12.5. The van der Waals surface area contributed by atoms with E-state index in [1.54, 1.807) is 0 Å². The van der Waals surface area contributed by atoms with E-state index in [0.29, 0.717) is 11.8 Å². The molecule has 0 saturated heterocycles. The van der Waals surface area contributed by atoms with Crippen molar-refractivity contribution < 1.29 is 13.0 Å². The second-order valence-electron chi connectivity index (χ2n) is 12.1. The van der Waals surface area contributed by atoms with E-state index in [2.05, 4.69) is 19.9 Å². The maximum absolute atomic E-state index is 12.5. The van der Waals surface area contributed by atoms with Crippen molar-refractivity contribution in [3.8, 4) is 0 Å². The van der Waals surface area contributed by atoms with Crippen LogP contribution in [-0.2, 0) is 23.0 Å². The van der Waals surface area contributed by atoms with Crippen molar-refractivity contribution in [1.29, 1.82) is 0 Å². The first kappa shape index (κ1) is 34.8. The number of unbranched alkanes of at least 4 members (excludes halogenated alkanes) is 20. The Balaban J connectivity index is 1.85. The Kier molecular flexibility index (Phi) is 18.6. The first-order chi connectivity index (χ1) is 19.5. The van der Waals surface area contributed by atoms with Gasteiger partial charge in [0.25, 0.3) is 10.1 Å². The zero-order valence-corrected chi connectivity index (χ0v) is 26.8. The quantitative estimate of drug-likeness (QED) is 0.0950. The van der Waals surface area contributed by atoms with Gasteiger partial charge in [0.1, 0.15) is 4.90 Å². The molecule has 0 amide bonds. The third-order valence-electron chi connectivity index (χ3n) is 8.52. The monoisotopic (exact) mass is 572 g/mol. The molecule has 2 rings (SSSR count). The van der Waals surface area contributed by atoms with Gasteiger partial charge >= 0.3 is 0 Å². The average molecular weight is 573 g/mol. The number of fused-ring (bicyclic) bond motifs is 1. The van der Waals surface area contributed by atoms with Gasteiger partial charge in [-0.25, -0.2) is 0 Å². The Labute approximate surface area is 247 Å². The van der Waals surface area contributed by atoms with Gasteiger partial charge in [-0.1, -0.05) is 173 Å². The summed E-state index contributed by atoms with van der Waals surface area (Å²) in [6.07, 6.45) is 30.2. The topological polar surface area (TPSA) is 54.4 Å². The average Bonchev–Trinajstić information content (AvgIpc) is 2.93. The van der Waals surface area contributed by atoms with E-state index in [9.17, 15) is 13.0 Å². The molecule has 0 unspecified atom stereocenters. The fourth-order valence-corrected chi connectivity index (χ4v) is 7.09. The molecule has 228 valence electrons. The highest BCUT2D eigenvalue weighted by molar-refractivity contribution is 7.86. The summed E-state index contributed by atoms with van der Waals surface area (Å²) < 4.78 is 35.2. The molecular weight excluding hydrogens is 512 g/mol. The van der Waals surface area contributed by atoms with Crippen LogP contribution in [0, 0.1) is 0 Å². The third-order valence-corrected chi connectivity index (χ3v) is 9.51. The smallest absolute Gasteiger partial charge is 0.282 e. The van der Waals surface area contributed by atoms with Crippen molar-refractivity contribution >= 4 is 20.9 Å². The van der Waals surface area contributed by atoms with Crippen LogP contribution >= 0.6 is 0 Å². The van der Waals surface area contributed by atoms with Gasteiger partial charge in [-0.3, -0.25) is 4.55 Å². The number of aryl methyl sites for hydroxylation is 2. The Morgan fingerprint density at radius 2 is 0.850 bits per heavy atom. The summed E-state index contributed by atoms with van der Waals surface area (Å²) in [6.45, 7) is 4.53. The molecule has 0 aromatic heterocycles. The lowest BCUT2D eigenvalue weighted by atomic mass is 9.94. The van der Waals surface area contributed by atoms with E-state index < -0.39 is 10.1 Å². The van der Waals surface area contributed by atoms with E-state index in [-0.39, 0.29) is 4.90 Å². The first-order valence-electron chi connectivity index (χ1n) is 17.0. The normalized spacial score (nSPS) is 12.0. The Morgan fingerprint density at radius 3 is 1.25 bits per heavy atom. The summed E-state index contributed by atoms with van der Waals surface area (Å²) in [7, 11) is -4.29. The molecular formula is C36H60O3S. The van der Waals surface area contributed by atoms with Crippen LogP contribution in [0.15, 0.2) is 35.2 Å². The highest BCUT2D eigenvalue weighted by atomic mass is 32.2. The minimum absolute atomic E-state index is 0.137. The Morgan fingerprint density at radius 1 is 0.500 bits per heavy atom. The number of hydrogen-bond acceptors (Lipinski definition) is 2. The van der Waals surface area contributed by atoms with Gasteiger partial charge < -0.3 is 0 Å². The fraction of sp³-hybridized carbons (Fsp3) is 0.722. The first-order valence-corrected chi connectivity index (χ1v) is 18.4. The lowest BCUT2D eigenvalue weighted by Crippen LogP contribution is -2.06. The number of benzene rings is 2. The second-order valence-corrected chi connectivity index (χ2v) is 13.5. The van der Waals surface area contributed by atoms with Gasteiger partial charge in [-0.2, -0.15) is 8.42 Å². The van der Waals surface area contributed by atoms with Crippen LogP contribution in [0.1, 0.15) is 166 Å². The SMILES string of the molecule is CCCCCCCCCCCCCc1cc(CCCCCCCCCCCCC)c2ccccc2c1S(=O)(=O)O. The van der Waals surface area contributed by atoms with Crippen molar-refractivity contribution in [3.63, 3.8) is 0 Å². The van der Waals surface area contributed by atoms with Crippen LogP contribution in [0.5, 0.6) is 0 Å². The van der Waals surface area contributed by atoms with Crippen molar-refractivity contribution in [2.75, 3.05) is 0 Å². The summed E-state index contributed by atoms with van der Waals surface area (Å²) in [5.74, 6) is 0. The highest BCUT2D eigenvalue weighted by Gasteiger charge is 2.21. The predicted octanol–water partition coefficient (Wildman–Crippen LogP) is 11.8. The molecule has 2 aromatic carbocycles. The lowest BCUT2D eigenvalue weighted by Gasteiger charge is -2.15. The molecule has 0 spiro atoms. The molecule has 0 atom stereocenters. The van der Waals surface area contributed by atoms with Crippen LogP contribution in [0.3, 0.4) is 0 Å². The molecule has 0 saturated carbocycles. The molecule has 4 heteroatoms. The van der Waals surface area contributed by atoms with Gasteiger partial charge in [-0.15, -0.1) is 0 Å². The van der Waals surface area contributed by atoms with E-state index >= 15 is 0 Å². The van der Waals surface area contributed by atoms with Crippen molar-refractivity contribution in [1.82, 2.24) is 0 Å². The van der Waals surface area contributed by atoms with Gasteiger partial charge in [-0.05, 0) is 42.2 Å². The summed E-state index contributed by atoms with van der Waals surface area (Å²) in [4.78, 5) is 0.137. The van der Waals surface area contributed by atoms with E-state index in [1.165, 1.54) is 128 Å². The van der Waals surface area contributed by atoms with Gasteiger partial charge in [0.2, 0.25) is 0 Å². The molecule has 0 bridgehead atoms. The molecule has 0 radical (unpaired) electrons. The lowest BCUT2D eigenvalue weighted by molar-refractivity contribution is 0.482. The zero-order valence-electron chi connectivity index (χ0n) is 26.0. The molecule has 0 aliphatic rings. The fourth-order valence-electron chi connectivity index (χ4n) is 6.14. The number of rotatable bonds is 25. The summed E-state index contributed by atoms with van der Waals surface area (Å²) in [6, 6.07) is 9.84. The van der Waals surface area contributed by atoms with Crippen molar-refractivity contribution in [3.05, 3.63) is 41.5 Å². The molecule has 0 fully saturated rings. The molecule has 3 nitrogen and oxygen atoms in total. The van der Waals surface area contributed by atoms with Crippen LogP contribution < -0.4 is 0 Å². The molecule has 0 aliphatic carbocycles. The molecule has 0 aliphatic heterocycles. The largest absolute Gasteiger partial charge is 0.295 e. The minimum Gasteiger partial charge on any atom is -0.282 e. The van der Waals surface area contributed by atoms with Crippen molar-refractivity contribution in [2.45, 2.75) is 173 Å². The highest BCUT2D eigenvalue weighted by Crippen LogP contribution is 2.32. The molecule has 0 heterocycles. The summed E-state index contributed by atoms with van der Waals surface area (Å²) in [5, 5.41) is 1.66. The van der Waals surface area contributed by atoms with Gasteiger partial charge in [0.05, 0.1) is 0 Å². The van der Waals surface area contributed by atoms with Crippen LogP contribution in [0.2, 0.25) is 0 Å². The van der Waals surface area contributed by atoms with Gasteiger partial charge in [0, 0.05) is 5.39 Å². The summed E-state index contributed by atoms with van der Waals surface area (Å²) >= 11 is 0. The predicted molar refractivity (Wildman–Crippen MR) is 174 cm³/mol. The molecule has 2 aromatic rings. The number of hydrogen-bond donors (Lipinski definition) is 1. The van der Waals surface area contributed by atoms with Crippen LogP contribution in [0.4, 0.5) is 0 Å². The van der Waals surface area contributed by atoms with Crippen LogP contribution in [0.25, 0.3) is 10.8 Å². The van der Waals surface area contributed by atoms with Crippen molar-refractivity contribution in [2.24, 2.45) is 0 Å². The maximum Gasteiger partial charge on any atom is 0.295 e. The second kappa shape index (κ2) is 21.3. The standard InChI is InChI=1S/C36H60O3S/c1-3-5-7-9-11-13-15-17-19-21-23-27-32-31-33(28-24-22-20-18-16-14-12-10-8-6-4-2)36(40(37,38)39)35-30-26-25-29-34(32)35/h25-26,29-31H,3-24,27-28H2,1-2H3,(H,37,38,39). The van der Waals surface area contributed by atoms with Gasteiger partial charge in [0.15, 0.2) is 0 Å². The van der Waals surface area contributed by atoms with E-state index in [4.69, 9.17) is 0 Å². The Bertz CT molecular complexity index is 1030. The van der Waals surface area contributed by atoms with Crippen LogP contribution in [-0.4, -0.2) is 13.0 Å². The minimum atomic E-state index is -4.29. The Hall–Kier alpha value is -1.39. The molecule has 1 N–H and O–H groups in total. The third kappa shape index (κ3) is 14.0.